The molecule has 0 amide bonds. The summed E-state index contributed by atoms with van der Waals surface area (Å²) in [5.41, 5.74) is 0.869. The van der Waals surface area contributed by atoms with Crippen molar-refractivity contribution in [3.63, 3.8) is 0 Å². The van der Waals surface area contributed by atoms with Crippen LogP contribution in [0.15, 0.2) is 30.3 Å². The van der Waals surface area contributed by atoms with Crippen LogP contribution in [0.4, 0.5) is 0 Å². The van der Waals surface area contributed by atoms with Gasteiger partial charge in [0.15, 0.2) is 0 Å². The molecule has 0 aliphatic heterocycles. The van der Waals surface area contributed by atoms with Crippen LogP contribution in [0, 0.1) is 10.1 Å². The summed E-state index contributed by atoms with van der Waals surface area (Å²) < 4.78 is 21.8. The number of aliphatic hydroxyl groups is 1. The van der Waals surface area contributed by atoms with Crippen LogP contribution in [0.5, 0.6) is 0 Å². The van der Waals surface area contributed by atoms with Crippen molar-refractivity contribution in [1.82, 2.24) is 0 Å². The summed E-state index contributed by atoms with van der Waals surface area (Å²) in [6, 6.07) is 9.10. The molecule has 0 radical (unpaired) electrons. The molecule has 0 spiro atoms. The molecule has 20 heavy (non-hydrogen) atoms. The predicted molar refractivity (Wildman–Crippen MR) is 73.2 cm³/mol. The van der Waals surface area contributed by atoms with Crippen molar-refractivity contribution in [1.29, 1.82) is 0 Å². The summed E-state index contributed by atoms with van der Waals surface area (Å²) in [6.07, 6.45) is 0.221. The van der Waals surface area contributed by atoms with Crippen molar-refractivity contribution in [2.24, 2.45) is 0 Å². The number of aryl methyl sites for hydroxylation is 1. The molecular formula is C12H18NO6P. The third-order valence-electron chi connectivity index (χ3n) is 3.03. The third kappa shape index (κ3) is 3.86. The largest absolute Gasteiger partial charge is 0.372 e. The number of benzene rings is 1. The molecule has 1 rings (SSSR count). The van der Waals surface area contributed by atoms with Gasteiger partial charge >= 0.3 is 7.60 Å². The number of rotatable bonds is 8. The van der Waals surface area contributed by atoms with Crippen molar-refractivity contribution >= 4 is 7.60 Å². The van der Waals surface area contributed by atoms with Crippen molar-refractivity contribution in [2.45, 2.75) is 18.2 Å². The first-order valence-electron chi connectivity index (χ1n) is 5.96. The van der Waals surface area contributed by atoms with Gasteiger partial charge in [-0.05, 0) is 18.4 Å². The number of hydrogen-bond donors (Lipinski definition) is 1. The highest BCUT2D eigenvalue weighted by molar-refractivity contribution is 7.55. The maximum absolute atomic E-state index is 12.3. The average molecular weight is 303 g/mol. The lowest BCUT2D eigenvalue weighted by molar-refractivity contribution is -0.495. The normalized spacial score (nSPS) is 14.8. The first-order chi connectivity index (χ1) is 9.37. The molecule has 7 nitrogen and oxygen atoms in total. The summed E-state index contributed by atoms with van der Waals surface area (Å²) >= 11 is 0. The van der Waals surface area contributed by atoms with Crippen LogP contribution in [0.25, 0.3) is 0 Å². The molecule has 0 heterocycles. The molecule has 1 aromatic carbocycles. The Kier molecular flexibility index (Phi) is 5.83. The Morgan fingerprint density at radius 1 is 1.30 bits per heavy atom. The Bertz CT molecular complexity index is 486. The van der Waals surface area contributed by atoms with E-state index in [4.69, 9.17) is 9.05 Å². The highest BCUT2D eigenvalue weighted by atomic mass is 31.2. The molecule has 0 aromatic heterocycles. The molecular weight excluding hydrogens is 285 g/mol. The number of nitrogens with zero attached hydrogens (tertiary/aromatic N) is 1. The lowest BCUT2D eigenvalue weighted by Crippen LogP contribution is -2.38. The van der Waals surface area contributed by atoms with Gasteiger partial charge in [-0.3, -0.25) is 14.7 Å². The van der Waals surface area contributed by atoms with Gasteiger partial charge in [-0.15, -0.1) is 0 Å². The zero-order chi connectivity index (χ0) is 15.2. The van der Waals surface area contributed by atoms with E-state index in [9.17, 15) is 19.8 Å². The lowest BCUT2D eigenvalue weighted by atomic mass is 10.1. The van der Waals surface area contributed by atoms with Gasteiger partial charge in [0.2, 0.25) is 11.9 Å². The Balaban J connectivity index is 2.94. The van der Waals surface area contributed by atoms with E-state index in [0.717, 1.165) is 19.8 Å². The van der Waals surface area contributed by atoms with Gasteiger partial charge in [-0.2, -0.15) is 0 Å². The van der Waals surface area contributed by atoms with Crippen LogP contribution in [0.2, 0.25) is 0 Å². The fraction of sp³-hybridized carbons (Fsp3) is 0.500. The van der Waals surface area contributed by atoms with Crippen LogP contribution in [-0.2, 0) is 20.0 Å². The molecule has 0 aliphatic rings. The fourth-order valence-corrected chi connectivity index (χ4v) is 3.42. The molecule has 8 heteroatoms. The van der Waals surface area contributed by atoms with Gasteiger partial charge in [0.05, 0.1) is 0 Å². The highest BCUT2D eigenvalue weighted by Crippen LogP contribution is 2.59. The summed E-state index contributed by atoms with van der Waals surface area (Å²) in [5, 5.41) is 19.0. The molecule has 0 saturated heterocycles. The molecule has 0 aliphatic carbocycles. The zero-order valence-electron chi connectivity index (χ0n) is 11.4. The van der Waals surface area contributed by atoms with Gasteiger partial charge in [0.25, 0.3) is 0 Å². The van der Waals surface area contributed by atoms with E-state index < -0.39 is 24.4 Å². The minimum atomic E-state index is -3.98. The maximum Gasteiger partial charge on any atom is 0.368 e. The average Bonchev–Trinajstić information content (AvgIpc) is 2.44. The first kappa shape index (κ1) is 16.8. The number of hydrogen-bond acceptors (Lipinski definition) is 6. The smallest absolute Gasteiger partial charge is 0.368 e. The lowest BCUT2D eigenvalue weighted by Gasteiger charge is -2.29. The van der Waals surface area contributed by atoms with E-state index in [1.807, 2.05) is 30.3 Å². The van der Waals surface area contributed by atoms with Crippen molar-refractivity contribution in [3.8, 4) is 0 Å². The molecule has 112 valence electrons. The van der Waals surface area contributed by atoms with Crippen molar-refractivity contribution in [3.05, 3.63) is 46.0 Å². The van der Waals surface area contributed by atoms with E-state index in [2.05, 4.69) is 0 Å². The quantitative estimate of drug-likeness (QED) is 0.448. The molecule has 0 unspecified atom stereocenters. The molecule has 1 aromatic rings. The topological polar surface area (TPSA) is 98.9 Å². The second-order valence-electron chi connectivity index (χ2n) is 4.32. The second-order valence-corrected chi connectivity index (χ2v) is 6.88. The van der Waals surface area contributed by atoms with Crippen LogP contribution in [-0.4, -0.2) is 36.1 Å². The predicted octanol–water partition coefficient (Wildman–Crippen LogP) is 2.07. The Morgan fingerprint density at radius 3 is 2.30 bits per heavy atom. The Labute approximate surface area is 117 Å². The van der Waals surface area contributed by atoms with Crippen LogP contribution >= 0.6 is 7.60 Å². The molecule has 1 N–H and O–H groups in total. The molecule has 0 fully saturated rings. The second kappa shape index (κ2) is 6.95. The van der Waals surface area contributed by atoms with Crippen molar-refractivity contribution in [2.75, 3.05) is 20.8 Å². The van der Waals surface area contributed by atoms with E-state index in [0.29, 0.717) is 6.42 Å². The molecule has 1 atom stereocenters. The summed E-state index contributed by atoms with van der Waals surface area (Å²) in [6.45, 7) is -0.904. The summed E-state index contributed by atoms with van der Waals surface area (Å²) in [7, 11) is -1.79. The van der Waals surface area contributed by atoms with Gasteiger partial charge < -0.3 is 14.2 Å². The minimum absolute atomic E-state index is 0.100. The van der Waals surface area contributed by atoms with Crippen LogP contribution < -0.4 is 0 Å². The van der Waals surface area contributed by atoms with E-state index in [1.165, 1.54) is 0 Å². The molecule has 0 bridgehead atoms. The van der Waals surface area contributed by atoms with Crippen LogP contribution in [0.3, 0.4) is 0 Å². The highest BCUT2D eigenvalue weighted by Gasteiger charge is 2.52. The first-order valence-corrected chi connectivity index (χ1v) is 7.51. The summed E-state index contributed by atoms with van der Waals surface area (Å²) in [5.74, 6) is 0. The van der Waals surface area contributed by atoms with Gasteiger partial charge in [-0.1, -0.05) is 30.3 Å². The van der Waals surface area contributed by atoms with Crippen LogP contribution in [0.1, 0.15) is 12.0 Å². The standard InChI is InChI=1S/C12H18NO6P/c1-18-20(17,19-2)12(14,10-13(15)16)9-8-11-6-4-3-5-7-11/h3-7,14H,8-10H2,1-2H3/t12-/m1/s1. The van der Waals surface area contributed by atoms with E-state index in [-0.39, 0.29) is 6.42 Å². The fourth-order valence-electron chi connectivity index (χ4n) is 1.91. The van der Waals surface area contributed by atoms with Gasteiger partial charge in [0.1, 0.15) is 0 Å². The monoisotopic (exact) mass is 303 g/mol. The van der Waals surface area contributed by atoms with Gasteiger partial charge in [0, 0.05) is 19.1 Å². The van der Waals surface area contributed by atoms with E-state index >= 15 is 0 Å². The van der Waals surface area contributed by atoms with Gasteiger partial charge in [-0.25, -0.2) is 0 Å². The maximum atomic E-state index is 12.3. The Morgan fingerprint density at radius 2 is 1.85 bits per heavy atom. The van der Waals surface area contributed by atoms with Crippen molar-refractivity contribution < 1.29 is 23.6 Å². The minimum Gasteiger partial charge on any atom is -0.372 e. The summed E-state index contributed by atoms with van der Waals surface area (Å²) in [4.78, 5) is 9.99. The zero-order valence-corrected chi connectivity index (χ0v) is 12.3. The number of nitro groups is 1. The third-order valence-corrected chi connectivity index (χ3v) is 5.38. The molecule has 0 saturated carbocycles. The Hall–Kier alpha value is -1.27. The SMILES string of the molecule is COP(=O)(OC)[C@](O)(CCc1ccccc1)C[N+](=O)[O-]. The van der Waals surface area contributed by atoms with E-state index in [1.54, 1.807) is 0 Å².